The number of hydrogen-bond acceptors (Lipinski definition) is 5. The Morgan fingerprint density at radius 3 is 2.26 bits per heavy atom. The number of anilines is 2. The quantitative estimate of drug-likeness (QED) is 0.590. The van der Waals surface area contributed by atoms with Gasteiger partial charge in [-0.2, -0.15) is 5.10 Å². The van der Waals surface area contributed by atoms with E-state index >= 15 is 0 Å². The molecule has 34 heavy (non-hydrogen) atoms. The van der Waals surface area contributed by atoms with E-state index in [2.05, 4.69) is 39.2 Å². The Morgan fingerprint density at radius 1 is 0.853 bits per heavy atom. The average Bonchev–Trinajstić information content (AvgIpc) is 2.91. The highest BCUT2D eigenvalue weighted by atomic mass is 16.2. The molecule has 0 bridgehead atoms. The van der Waals surface area contributed by atoms with Gasteiger partial charge < -0.3 is 14.7 Å². The van der Waals surface area contributed by atoms with Crippen molar-refractivity contribution in [1.82, 2.24) is 14.7 Å². The Kier molecular flexibility index (Phi) is 6.60. The highest BCUT2D eigenvalue weighted by molar-refractivity contribution is 5.80. The van der Waals surface area contributed by atoms with E-state index in [1.807, 2.05) is 41.3 Å². The van der Waals surface area contributed by atoms with E-state index in [1.54, 1.807) is 12.3 Å². The number of piperidine rings is 1. The maximum Gasteiger partial charge on any atom is 0.269 e. The van der Waals surface area contributed by atoms with Crippen molar-refractivity contribution < 1.29 is 4.79 Å². The van der Waals surface area contributed by atoms with Gasteiger partial charge in [0, 0.05) is 51.0 Å². The predicted molar refractivity (Wildman–Crippen MR) is 134 cm³/mol. The number of aromatic nitrogens is 2. The molecule has 1 unspecified atom stereocenters. The minimum absolute atomic E-state index is 0.0382. The molecule has 2 aliphatic rings. The number of rotatable bonds is 5. The molecule has 0 spiro atoms. The smallest absolute Gasteiger partial charge is 0.269 e. The van der Waals surface area contributed by atoms with Crippen LogP contribution >= 0.6 is 0 Å². The number of para-hydroxylation sites is 1. The van der Waals surface area contributed by atoms with Crippen LogP contribution in [0.1, 0.15) is 18.4 Å². The number of carbonyl (C=O) groups is 1. The summed E-state index contributed by atoms with van der Waals surface area (Å²) in [6, 6.07) is 21.9. The van der Waals surface area contributed by atoms with Crippen molar-refractivity contribution in [2.45, 2.75) is 19.4 Å². The highest BCUT2D eigenvalue weighted by Crippen LogP contribution is 2.24. The summed E-state index contributed by atoms with van der Waals surface area (Å²) in [6.07, 6.45) is 3.59. The van der Waals surface area contributed by atoms with Gasteiger partial charge >= 0.3 is 0 Å². The van der Waals surface area contributed by atoms with Crippen LogP contribution in [-0.4, -0.2) is 59.9 Å². The molecular formula is C27H31N5O2. The summed E-state index contributed by atoms with van der Waals surface area (Å²) < 4.78 is 1.48. The molecule has 0 saturated carbocycles. The normalized spacial score (nSPS) is 18.7. The van der Waals surface area contributed by atoms with Gasteiger partial charge in [-0.3, -0.25) is 9.59 Å². The molecule has 2 saturated heterocycles. The van der Waals surface area contributed by atoms with Crippen molar-refractivity contribution in [3.63, 3.8) is 0 Å². The van der Waals surface area contributed by atoms with Crippen molar-refractivity contribution in [3.05, 3.63) is 88.8 Å². The van der Waals surface area contributed by atoms with Gasteiger partial charge in [0.15, 0.2) is 0 Å². The first-order valence-electron chi connectivity index (χ1n) is 12.1. The van der Waals surface area contributed by atoms with E-state index < -0.39 is 0 Å². The van der Waals surface area contributed by atoms with Gasteiger partial charge in [-0.1, -0.05) is 48.5 Å². The fourth-order valence-electron chi connectivity index (χ4n) is 4.97. The fraction of sp³-hybridized carbons (Fsp3) is 0.370. The molecule has 2 fully saturated rings. The predicted octanol–water partition coefficient (Wildman–Crippen LogP) is 2.86. The molecule has 1 amide bonds. The molecule has 0 aliphatic carbocycles. The second kappa shape index (κ2) is 10.1. The van der Waals surface area contributed by atoms with Crippen LogP contribution < -0.4 is 15.4 Å². The molecule has 1 atom stereocenters. The minimum atomic E-state index is -0.119. The molecule has 7 heteroatoms. The van der Waals surface area contributed by atoms with Crippen LogP contribution in [0, 0.1) is 5.92 Å². The van der Waals surface area contributed by atoms with Gasteiger partial charge in [0.2, 0.25) is 5.91 Å². The van der Waals surface area contributed by atoms with Crippen LogP contribution in [-0.2, 0) is 11.3 Å². The number of nitrogens with zero attached hydrogens (tertiary/aromatic N) is 5. The van der Waals surface area contributed by atoms with Crippen LogP contribution in [0.3, 0.4) is 0 Å². The number of hydrogen-bond donors (Lipinski definition) is 0. The van der Waals surface area contributed by atoms with Gasteiger partial charge in [-0.25, -0.2) is 4.68 Å². The zero-order valence-electron chi connectivity index (χ0n) is 19.4. The standard InChI is InChI=1S/C27H31N5O2/c33-26-18-25(19-28-32(26)20-22-8-3-1-4-9-22)31-13-7-10-23(21-31)27(34)30-16-14-29(15-17-30)24-11-5-2-6-12-24/h1-6,8-9,11-12,18-19,23H,7,10,13-17,20-21H2. The summed E-state index contributed by atoms with van der Waals surface area (Å²) >= 11 is 0. The lowest BCUT2D eigenvalue weighted by Crippen LogP contribution is -2.52. The van der Waals surface area contributed by atoms with Gasteiger partial charge in [0.25, 0.3) is 5.56 Å². The Morgan fingerprint density at radius 2 is 1.56 bits per heavy atom. The van der Waals surface area contributed by atoms with E-state index in [9.17, 15) is 9.59 Å². The van der Waals surface area contributed by atoms with Crippen molar-refractivity contribution in [2.75, 3.05) is 49.1 Å². The number of amides is 1. The molecule has 0 radical (unpaired) electrons. The summed E-state index contributed by atoms with van der Waals surface area (Å²) in [5.74, 6) is 0.201. The molecule has 2 aromatic carbocycles. The monoisotopic (exact) mass is 457 g/mol. The molecule has 3 aromatic rings. The first-order valence-corrected chi connectivity index (χ1v) is 12.1. The molecule has 5 rings (SSSR count). The topological polar surface area (TPSA) is 61.7 Å². The summed E-state index contributed by atoms with van der Waals surface area (Å²) in [5.41, 5.74) is 2.95. The average molecular weight is 458 g/mol. The van der Waals surface area contributed by atoms with Crippen molar-refractivity contribution in [3.8, 4) is 0 Å². The van der Waals surface area contributed by atoms with E-state index in [4.69, 9.17) is 0 Å². The molecule has 1 aromatic heterocycles. The lowest BCUT2D eigenvalue weighted by atomic mass is 9.96. The van der Waals surface area contributed by atoms with Crippen LogP contribution in [0.4, 0.5) is 11.4 Å². The van der Waals surface area contributed by atoms with E-state index in [1.165, 1.54) is 10.4 Å². The van der Waals surface area contributed by atoms with Crippen LogP contribution in [0.5, 0.6) is 0 Å². The Balaban J connectivity index is 1.20. The molecule has 2 aliphatic heterocycles. The molecule has 0 N–H and O–H groups in total. The molecule has 176 valence electrons. The molecule has 3 heterocycles. The maximum atomic E-state index is 13.3. The lowest BCUT2D eigenvalue weighted by Gasteiger charge is -2.40. The SMILES string of the molecule is O=C(C1CCCN(c2cnn(Cc3ccccc3)c(=O)c2)C1)N1CCN(c2ccccc2)CC1. The van der Waals surface area contributed by atoms with Crippen molar-refractivity contribution >= 4 is 17.3 Å². The van der Waals surface area contributed by atoms with Gasteiger partial charge in [-0.05, 0) is 30.5 Å². The lowest BCUT2D eigenvalue weighted by molar-refractivity contribution is -0.136. The van der Waals surface area contributed by atoms with E-state index in [0.717, 1.165) is 56.8 Å². The largest absolute Gasteiger partial charge is 0.369 e. The van der Waals surface area contributed by atoms with Crippen LogP contribution in [0.2, 0.25) is 0 Å². The maximum absolute atomic E-state index is 13.3. The van der Waals surface area contributed by atoms with E-state index in [-0.39, 0.29) is 17.4 Å². The zero-order chi connectivity index (χ0) is 23.3. The second-order valence-electron chi connectivity index (χ2n) is 9.13. The summed E-state index contributed by atoms with van der Waals surface area (Å²) in [5, 5.41) is 4.41. The third-order valence-electron chi connectivity index (χ3n) is 6.88. The third kappa shape index (κ3) is 4.98. The van der Waals surface area contributed by atoms with Gasteiger partial charge in [0.05, 0.1) is 24.3 Å². The summed E-state index contributed by atoms with van der Waals surface area (Å²) in [4.78, 5) is 32.5. The number of piperazine rings is 1. The first-order chi connectivity index (χ1) is 16.7. The molecular weight excluding hydrogens is 426 g/mol. The Bertz CT molecular complexity index is 1160. The highest BCUT2D eigenvalue weighted by Gasteiger charge is 2.31. The first kappa shape index (κ1) is 22.2. The Hall–Kier alpha value is -3.61. The third-order valence-corrected chi connectivity index (χ3v) is 6.88. The van der Waals surface area contributed by atoms with Crippen LogP contribution in [0.25, 0.3) is 0 Å². The van der Waals surface area contributed by atoms with E-state index in [0.29, 0.717) is 13.1 Å². The second-order valence-corrected chi connectivity index (χ2v) is 9.13. The van der Waals surface area contributed by atoms with Gasteiger partial charge in [0.1, 0.15) is 0 Å². The van der Waals surface area contributed by atoms with Crippen LogP contribution in [0.15, 0.2) is 77.7 Å². The minimum Gasteiger partial charge on any atom is -0.369 e. The number of benzene rings is 2. The molecule has 7 nitrogen and oxygen atoms in total. The Labute approximate surface area is 200 Å². The number of carbonyl (C=O) groups excluding carboxylic acids is 1. The zero-order valence-corrected chi connectivity index (χ0v) is 19.4. The fourth-order valence-corrected chi connectivity index (χ4v) is 4.97. The summed E-state index contributed by atoms with van der Waals surface area (Å²) in [7, 11) is 0. The van der Waals surface area contributed by atoms with Crippen molar-refractivity contribution in [1.29, 1.82) is 0 Å². The summed E-state index contributed by atoms with van der Waals surface area (Å²) in [6.45, 7) is 5.15. The van der Waals surface area contributed by atoms with Crippen molar-refractivity contribution in [2.24, 2.45) is 5.92 Å². The van der Waals surface area contributed by atoms with Gasteiger partial charge in [-0.15, -0.1) is 0 Å².